The molecule has 1 fully saturated rings. The van der Waals surface area contributed by atoms with Crippen molar-refractivity contribution in [3.05, 3.63) is 35.4 Å². The first-order valence-electron chi connectivity index (χ1n) is 8.46. The highest BCUT2D eigenvalue weighted by atomic mass is 16.3. The highest BCUT2D eigenvalue weighted by molar-refractivity contribution is 5.29. The molecule has 2 nitrogen and oxygen atoms in total. The lowest BCUT2D eigenvalue weighted by atomic mass is 9.86. The van der Waals surface area contributed by atoms with Gasteiger partial charge in [0.1, 0.15) is 0 Å². The molecule has 0 heterocycles. The molecule has 0 aliphatic heterocycles. The summed E-state index contributed by atoms with van der Waals surface area (Å²) in [5, 5.41) is 14.3. The fourth-order valence-electron chi connectivity index (χ4n) is 3.24. The molecule has 1 aromatic rings. The summed E-state index contributed by atoms with van der Waals surface area (Å²) in [5.41, 5.74) is 2.51. The first-order chi connectivity index (χ1) is 9.91. The molecule has 0 amide bonds. The van der Waals surface area contributed by atoms with E-state index in [2.05, 4.69) is 57.3 Å². The number of nitrogens with one attached hydrogen (secondary N) is 1. The zero-order valence-electron chi connectivity index (χ0n) is 14.0. The summed E-state index contributed by atoms with van der Waals surface area (Å²) >= 11 is 0. The molecule has 0 bridgehead atoms. The van der Waals surface area contributed by atoms with Crippen molar-refractivity contribution in [3.63, 3.8) is 0 Å². The van der Waals surface area contributed by atoms with Gasteiger partial charge in [-0.2, -0.15) is 0 Å². The van der Waals surface area contributed by atoms with Crippen LogP contribution in [0.3, 0.4) is 0 Å². The van der Waals surface area contributed by atoms with Crippen molar-refractivity contribution < 1.29 is 5.11 Å². The normalized spacial score (nSPS) is 19.7. The molecule has 1 aromatic carbocycles. The summed E-state index contributed by atoms with van der Waals surface area (Å²) in [6.45, 7) is 8.80. The molecule has 118 valence electrons. The van der Waals surface area contributed by atoms with Gasteiger partial charge in [0.15, 0.2) is 0 Å². The van der Waals surface area contributed by atoms with Crippen LogP contribution in [0.1, 0.15) is 77.0 Å². The number of hydrogen-bond acceptors (Lipinski definition) is 2. The Labute approximate surface area is 130 Å². The van der Waals surface area contributed by atoms with Gasteiger partial charge in [-0.05, 0) is 35.8 Å². The molecule has 21 heavy (non-hydrogen) atoms. The predicted octanol–water partition coefficient (Wildman–Crippen LogP) is 4.33. The van der Waals surface area contributed by atoms with Gasteiger partial charge in [-0.15, -0.1) is 0 Å². The lowest BCUT2D eigenvalue weighted by Crippen LogP contribution is -2.40. The maximum Gasteiger partial charge on any atom is 0.0942 e. The lowest BCUT2D eigenvalue weighted by molar-refractivity contribution is 0.119. The Balaban J connectivity index is 2.04. The Bertz CT molecular complexity index is 426. The fourth-order valence-corrected chi connectivity index (χ4v) is 3.24. The van der Waals surface area contributed by atoms with E-state index in [4.69, 9.17) is 0 Å². The molecule has 0 spiro atoms. The number of benzene rings is 1. The van der Waals surface area contributed by atoms with Gasteiger partial charge >= 0.3 is 0 Å². The Kier molecular flexibility index (Phi) is 5.45. The molecule has 2 rings (SSSR count). The Morgan fingerprint density at radius 1 is 1.14 bits per heavy atom. The van der Waals surface area contributed by atoms with Crippen molar-refractivity contribution in [1.82, 2.24) is 5.32 Å². The van der Waals surface area contributed by atoms with Crippen LogP contribution >= 0.6 is 0 Å². The topological polar surface area (TPSA) is 32.3 Å². The third-order valence-electron chi connectivity index (χ3n) is 4.74. The minimum atomic E-state index is -0.412. The molecule has 2 unspecified atom stereocenters. The van der Waals surface area contributed by atoms with Gasteiger partial charge in [0.25, 0.3) is 0 Å². The fraction of sp³-hybridized carbons (Fsp3) is 0.684. The second-order valence-electron chi connectivity index (χ2n) is 7.48. The van der Waals surface area contributed by atoms with Crippen LogP contribution in [0.2, 0.25) is 0 Å². The van der Waals surface area contributed by atoms with Gasteiger partial charge in [0.2, 0.25) is 0 Å². The molecule has 2 heteroatoms. The molecular formula is C19H31NO. The predicted molar refractivity (Wildman–Crippen MR) is 89.6 cm³/mol. The molecule has 1 aliphatic carbocycles. The van der Waals surface area contributed by atoms with Gasteiger partial charge in [-0.1, -0.05) is 64.8 Å². The SMILES string of the molecule is CCC(NC1CCCC1)C(O)c1ccc(C(C)(C)C)cc1. The van der Waals surface area contributed by atoms with E-state index in [0.717, 1.165) is 12.0 Å². The molecule has 2 atom stereocenters. The first-order valence-corrected chi connectivity index (χ1v) is 8.46. The second kappa shape index (κ2) is 6.93. The standard InChI is InChI=1S/C19H31NO/c1-5-17(20-16-8-6-7-9-16)18(21)14-10-12-15(13-11-14)19(2,3)4/h10-13,16-18,20-21H,5-9H2,1-4H3. The lowest BCUT2D eigenvalue weighted by Gasteiger charge is -2.27. The zero-order valence-corrected chi connectivity index (χ0v) is 14.0. The van der Waals surface area contributed by atoms with Gasteiger partial charge in [0.05, 0.1) is 6.10 Å². The third-order valence-corrected chi connectivity index (χ3v) is 4.74. The van der Waals surface area contributed by atoms with Gasteiger partial charge in [0, 0.05) is 12.1 Å². The van der Waals surface area contributed by atoms with Crippen LogP contribution in [0.25, 0.3) is 0 Å². The van der Waals surface area contributed by atoms with E-state index >= 15 is 0 Å². The maximum absolute atomic E-state index is 10.7. The number of rotatable bonds is 5. The van der Waals surface area contributed by atoms with Crippen LogP contribution in [0.4, 0.5) is 0 Å². The van der Waals surface area contributed by atoms with E-state index in [1.807, 2.05) is 0 Å². The number of aliphatic hydroxyl groups is 1. The zero-order chi connectivity index (χ0) is 15.5. The smallest absolute Gasteiger partial charge is 0.0942 e. The van der Waals surface area contributed by atoms with E-state index in [1.54, 1.807) is 0 Å². The third kappa shape index (κ3) is 4.31. The van der Waals surface area contributed by atoms with Crippen molar-refractivity contribution in [2.24, 2.45) is 0 Å². The van der Waals surface area contributed by atoms with Crippen molar-refractivity contribution in [2.45, 2.75) is 83.4 Å². The second-order valence-corrected chi connectivity index (χ2v) is 7.48. The molecule has 0 saturated heterocycles. The molecule has 1 saturated carbocycles. The van der Waals surface area contributed by atoms with Crippen LogP contribution < -0.4 is 5.32 Å². The number of aliphatic hydroxyl groups excluding tert-OH is 1. The average molecular weight is 289 g/mol. The van der Waals surface area contributed by atoms with Gasteiger partial charge in [-0.25, -0.2) is 0 Å². The summed E-state index contributed by atoms with van der Waals surface area (Å²) < 4.78 is 0. The highest BCUT2D eigenvalue weighted by Gasteiger charge is 2.24. The van der Waals surface area contributed by atoms with Crippen molar-refractivity contribution in [1.29, 1.82) is 0 Å². The summed E-state index contributed by atoms with van der Waals surface area (Å²) in [4.78, 5) is 0. The first kappa shape index (κ1) is 16.5. The van der Waals surface area contributed by atoms with E-state index in [9.17, 15) is 5.11 Å². The monoisotopic (exact) mass is 289 g/mol. The van der Waals surface area contributed by atoms with E-state index < -0.39 is 6.10 Å². The van der Waals surface area contributed by atoms with Gasteiger partial charge in [-0.3, -0.25) is 0 Å². The van der Waals surface area contributed by atoms with Crippen molar-refractivity contribution in [2.75, 3.05) is 0 Å². The maximum atomic E-state index is 10.7. The molecule has 0 radical (unpaired) electrons. The van der Waals surface area contributed by atoms with Crippen LogP contribution in [-0.2, 0) is 5.41 Å². The summed E-state index contributed by atoms with van der Waals surface area (Å²) in [6, 6.07) is 9.24. The molecule has 2 N–H and O–H groups in total. The Morgan fingerprint density at radius 3 is 2.19 bits per heavy atom. The minimum absolute atomic E-state index is 0.161. The van der Waals surface area contributed by atoms with E-state index in [0.29, 0.717) is 6.04 Å². The molecular weight excluding hydrogens is 258 g/mol. The van der Waals surface area contributed by atoms with Crippen LogP contribution in [0, 0.1) is 0 Å². The van der Waals surface area contributed by atoms with Crippen molar-refractivity contribution in [3.8, 4) is 0 Å². The highest BCUT2D eigenvalue weighted by Crippen LogP contribution is 2.27. The van der Waals surface area contributed by atoms with E-state index in [1.165, 1.54) is 31.2 Å². The quantitative estimate of drug-likeness (QED) is 0.845. The summed E-state index contributed by atoms with van der Waals surface area (Å²) in [5.74, 6) is 0. The van der Waals surface area contributed by atoms with Crippen LogP contribution in [0.15, 0.2) is 24.3 Å². The Hall–Kier alpha value is -0.860. The molecule has 1 aliphatic rings. The number of hydrogen-bond donors (Lipinski definition) is 2. The summed E-state index contributed by atoms with van der Waals surface area (Å²) in [6.07, 6.45) is 5.70. The average Bonchev–Trinajstić information content (AvgIpc) is 2.96. The van der Waals surface area contributed by atoms with Crippen LogP contribution in [-0.4, -0.2) is 17.2 Å². The minimum Gasteiger partial charge on any atom is -0.387 e. The largest absolute Gasteiger partial charge is 0.387 e. The van der Waals surface area contributed by atoms with E-state index in [-0.39, 0.29) is 11.5 Å². The van der Waals surface area contributed by atoms with Crippen molar-refractivity contribution >= 4 is 0 Å². The molecule has 0 aromatic heterocycles. The summed E-state index contributed by atoms with van der Waals surface area (Å²) in [7, 11) is 0. The van der Waals surface area contributed by atoms with Gasteiger partial charge < -0.3 is 10.4 Å². The Morgan fingerprint density at radius 2 is 1.71 bits per heavy atom. The van der Waals surface area contributed by atoms with Crippen LogP contribution in [0.5, 0.6) is 0 Å².